The minimum atomic E-state index is 0.116. The van der Waals surface area contributed by atoms with Crippen molar-refractivity contribution in [3.05, 3.63) is 144 Å². The summed E-state index contributed by atoms with van der Waals surface area (Å²) in [6.07, 6.45) is 4.25. The van der Waals surface area contributed by atoms with Crippen LogP contribution in [0.3, 0.4) is 0 Å². The zero-order valence-electron chi connectivity index (χ0n) is 32.9. The van der Waals surface area contributed by atoms with Crippen molar-refractivity contribution < 1.29 is 0 Å². The molecular weight excluding hydrogens is 540 g/mol. The molecule has 0 aliphatic rings. The van der Waals surface area contributed by atoms with E-state index in [9.17, 15) is 0 Å². The monoisotopic (exact) mass is 617 g/mol. The molecule has 0 aliphatic heterocycles. The quantitative estimate of drug-likeness (QED) is 0.185. The maximum atomic E-state index is 2.27. The van der Waals surface area contributed by atoms with Crippen molar-refractivity contribution in [1.82, 2.24) is 0 Å². The molecule has 0 heteroatoms. The predicted molar refractivity (Wildman–Crippen MR) is 214 cm³/mol. The molecule has 0 N–H and O–H groups in total. The second-order valence-electron chi connectivity index (χ2n) is 8.15. The smallest absolute Gasteiger partial charge is 0.0136 e. The third-order valence-electron chi connectivity index (χ3n) is 5.69. The molecule has 0 saturated carbocycles. The molecule has 4 rings (SSSR count). The Kier molecular flexibility index (Phi) is 49.2. The van der Waals surface area contributed by atoms with Crippen LogP contribution in [0, 0.1) is 5.41 Å². The first-order valence-corrected chi connectivity index (χ1v) is 18.5. The van der Waals surface area contributed by atoms with E-state index in [2.05, 4.69) is 121 Å². The van der Waals surface area contributed by atoms with Gasteiger partial charge in [-0.05, 0) is 53.4 Å². The van der Waals surface area contributed by atoms with Crippen LogP contribution in [0.5, 0.6) is 0 Å². The Morgan fingerprint density at radius 3 is 0.511 bits per heavy atom. The maximum Gasteiger partial charge on any atom is -0.0136 e. The Bertz CT molecular complexity index is 802. The lowest BCUT2D eigenvalue weighted by Gasteiger charge is -2.35. The van der Waals surface area contributed by atoms with E-state index >= 15 is 0 Å². The van der Waals surface area contributed by atoms with Crippen molar-refractivity contribution in [2.75, 3.05) is 0 Å². The number of rotatable bonds is 8. The summed E-state index contributed by atoms with van der Waals surface area (Å²) in [6, 6.07) is 43.9. The first-order valence-electron chi connectivity index (χ1n) is 18.5. The first kappa shape index (κ1) is 51.5. The number of benzene rings is 4. The fraction of sp³-hybridized carbons (Fsp3) is 0.467. The highest BCUT2D eigenvalue weighted by atomic mass is 14.3. The Balaban J connectivity index is -0.000000291. The number of hydrogen-bond acceptors (Lipinski definition) is 0. The summed E-state index contributed by atoms with van der Waals surface area (Å²) >= 11 is 0. The van der Waals surface area contributed by atoms with Crippen LogP contribution in [-0.2, 0) is 25.7 Å². The van der Waals surface area contributed by atoms with E-state index in [1.165, 1.54) is 22.3 Å². The van der Waals surface area contributed by atoms with Gasteiger partial charge < -0.3 is 0 Å². The molecule has 0 aromatic heterocycles. The highest BCUT2D eigenvalue weighted by Gasteiger charge is 2.31. The van der Waals surface area contributed by atoms with E-state index in [1.807, 2.05) is 111 Å². The Labute approximate surface area is 284 Å². The molecule has 0 unspecified atom stereocenters. The van der Waals surface area contributed by atoms with Crippen LogP contribution in [0.25, 0.3) is 0 Å². The Morgan fingerprint density at radius 2 is 0.378 bits per heavy atom. The molecular formula is C45H76. The van der Waals surface area contributed by atoms with Crippen LogP contribution >= 0.6 is 0 Å². The molecule has 0 bridgehead atoms. The van der Waals surface area contributed by atoms with Crippen molar-refractivity contribution in [3.63, 3.8) is 0 Å². The van der Waals surface area contributed by atoms with Gasteiger partial charge >= 0.3 is 0 Å². The van der Waals surface area contributed by atoms with Crippen LogP contribution in [-0.4, -0.2) is 0 Å². The molecule has 0 amide bonds. The van der Waals surface area contributed by atoms with E-state index < -0.39 is 0 Å². The van der Waals surface area contributed by atoms with Gasteiger partial charge in [0.2, 0.25) is 0 Å². The molecule has 45 heavy (non-hydrogen) atoms. The molecule has 4 aromatic rings. The van der Waals surface area contributed by atoms with Crippen LogP contribution in [0.4, 0.5) is 0 Å². The van der Waals surface area contributed by atoms with Gasteiger partial charge in [-0.2, -0.15) is 0 Å². The van der Waals surface area contributed by atoms with Gasteiger partial charge in [-0.25, -0.2) is 0 Å². The first-order chi connectivity index (χ1) is 22.3. The third-order valence-corrected chi connectivity index (χ3v) is 5.69. The largest absolute Gasteiger partial charge is 0.0683 e. The lowest BCUT2D eigenvalue weighted by atomic mass is 9.69. The summed E-state index contributed by atoms with van der Waals surface area (Å²) in [7, 11) is 0. The third kappa shape index (κ3) is 25.9. The maximum absolute atomic E-state index is 2.27. The minimum absolute atomic E-state index is 0.116. The average Bonchev–Trinajstić information content (AvgIpc) is 3.16. The standard InChI is InChI=1S/C29H28.8C2H6/c1-5-13-25(14-6-1)21-29(22-26-15-7-2-8-16-26,23-27-17-9-3-10-18-27)24-28-19-11-4-12-20-28;8*1-2/h1-20H,21-24H2;8*1-2H3. The van der Waals surface area contributed by atoms with Crippen molar-refractivity contribution in [3.8, 4) is 0 Å². The van der Waals surface area contributed by atoms with Crippen LogP contribution < -0.4 is 0 Å². The lowest BCUT2D eigenvalue weighted by molar-refractivity contribution is 0.275. The second kappa shape index (κ2) is 43.0. The SMILES string of the molecule is CC.CC.CC.CC.CC.CC.CC.CC.c1ccc(CC(Cc2ccccc2)(Cc2ccccc2)Cc2ccccc2)cc1. The summed E-state index contributed by atoms with van der Waals surface area (Å²) in [4.78, 5) is 0. The van der Waals surface area contributed by atoms with Gasteiger partial charge in [0.15, 0.2) is 0 Å². The van der Waals surface area contributed by atoms with Crippen LogP contribution in [0.15, 0.2) is 121 Å². The fourth-order valence-electron chi connectivity index (χ4n) is 4.49. The van der Waals surface area contributed by atoms with E-state index in [4.69, 9.17) is 0 Å². The van der Waals surface area contributed by atoms with E-state index in [0.717, 1.165) is 25.7 Å². The fourth-order valence-corrected chi connectivity index (χ4v) is 4.49. The van der Waals surface area contributed by atoms with E-state index in [-0.39, 0.29) is 5.41 Å². The normalized spacial score (nSPS) is 8.36. The van der Waals surface area contributed by atoms with Gasteiger partial charge in [-0.1, -0.05) is 232 Å². The predicted octanol–water partition coefficient (Wildman–Crippen LogP) is 15.2. The topological polar surface area (TPSA) is 0 Å². The summed E-state index contributed by atoms with van der Waals surface area (Å²) < 4.78 is 0. The molecule has 0 nitrogen and oxygen atoms in total. The Morgan fingerprint density at radius 1 is 0.244 bits per heavy atom. The van der Waals surface area contributed by atoms with Crippen LogP contribution in [0.2, 0.25) is 0 Å². The number of hydrogen-bond donors (Lipinski definition) is 0. The zero-order valence-corrected chi connectivity index (χ0v) is 32.9. The van der Waals surface area contributed by atoms with E-state index in [0.29, 0.717) is 0 Å². The van der Waals surface area contributed by atoms with Crippen LogP contribution in [0.1, 0.15) is 133 Å². The van der Waals surface area contributed by atoms with Crippen molar-refractivity contribution in [1.29, 1.82) is 0 Å². The second-order valence-corrected chi connectivity index (χ2v) is 8.15. The highest BCUT2D eigenvalue weighted by molar-refractivity contribution is 5.27. The van der Waals surface area contributed by atoms with Crippen molar-refractivity contribution in [2.45, 2.75) is 136 Å². The Hall–Kier alpha value is -3.12. The van der Waals surface area contributed by atoms with Crippen molar-refractivity contribution >= 4 is 0 Å². The molecule has 4 aromatic carbocycles. The highest BCUT2D eigenvalue weighted by Crippen LogP contribution is 2.36. The van der Waals surface area contributed by atoms with Gasteiger partial charge in [-0.3, -0.25) is 0 Å². The molecule has 0 saturated heterocycles. The molecule has 0 aliphatic carbocycles. The average molecular weight is 617 g/mol. The summed E-state index contributed by atoms with van der Waals surface area (Å²) in [5.74, 6) is 0. The zero-order chi connectivity index (χ0) is 35.8. The van der Waals surface area contributed by atoms with Gasteiger partial charge in [0.25, 0.3) is 0 Å². The van der Waals surface area contributed by atoms with Gasteiger partial charge in [0.05, 0.1) is 0 Å². The molecule has 0 fully saturated rings. The molecule has 256 valence electrons. The van der Waals surface area contributed by atoms with Gasteiger partial charge in [0.1, 0.15) is 0 Å². The van der Waals surface area contributed by atoms with Crippen molar-refractivity contribution in [2.24, 2.45) is 5.41 Å². The van der Waals surface area contributed by atoms with Gasteiger partial charge in [-0.15, -0.1) is 0 Å². The van der Waals surface area contributed by atoms with Gasteiger partial charge in [0, 0.05) is 0 Å². The molecule has 0 atom stereocenters. The summed E-state index contributed by atoms with van der Waals surface area (Å²) in [5.41, 5.74) is 5.77. The molecule has 0 heterocycles. The lowest BCUT2D eigenvalue weighted by Crippen LogP contribution is -2.32. The minimum Gasteiger partial charge on any atom is -0.0683 e. The molecule has 0 spiro atoms. The van der Waals surface area contributed by atoms with E-state index in [1.54, 1.807) is 0 Å². The molecule has 0 radical (unpaired) electrons. The summed E-state index contributed by atoms with van der Waals surface area (Å²) in [6.45, 7) is 32.0. The summed E-state index contributed by atoms with van der Waals surface area (Å²) in [5, 5.41) is 0.